The Morgan fingerprint density at radius 1 is 1.28 bits per heavy atom. The lowest BCUT2D eigenvalue weighted by Crippen LogP contribution is -2.52. The molecule has 0 bridgehead atoms. The van der Waals surface area contributed by atoms with Crippen LogP contribution in [0.5, 0.6) is 0 Å². The molecule has 1 aromatic carbocycles. The summed E-state index contributed by atoms with van der Waals surface area (Å²) in [7, 11) is 0. The van der Waals surface area contributed by atoms with Crippen molar-refractivity contribution in [3.05, 3.63) is 34.9 Å². The van der Waals surface area contributed by atoms with Crippen LogP contribution in [0.2, 0.25) is 0 Å². The molecule has 7 nitrogen and oxygen atoms in total. The molecule has 1 saturated carbocycles. The SMILES string of the molecule is N[C@@H]1C[C@@H]1CNCc1cccc2c1CN(C1CCC(=O)NC1=O)C2=O. The standard InChI is InChI=1S/C18H22N4O3/c19-14-6-11(14)8-20-7-10-2-1-3-12-13(10)9-22(18(12)25)15-4-5-16(23)21-17(15)24/h1-3,11,14-15,20H,4-9,19H2,(H,21,23,24)/t11-,14-,15?/m1/s1. The molecule has 4 rings (SSSR count). The smallest absolute Gasteiger partial charge is 0.255 e. The lowest BCUT2D eigenvalue weighted by Gasteiger charge is -2.29. The van der Waals surface area contributed by atoms with Crippen molar-refractivity contribution < 1.29 is 14.4 Å². The van der Waals surface area contributed by atoms with E-state index in [-0.39, 0.29) is 24.1 Å². The minimum atomic E-state index is -0.567. The molecule has 1 aromatic rings. The number of piperidine rings is 1. The van der Waals surface area contributed by atoms with E-state index in [2.05, 4.69) is 10.6 Å². The molecule has 132 valence electrons. The van der Waals surface area contributed by atoms with Crippen molar-refractivity contribution in [3.8, 4) is 0 Å². The van der Waals surface area contributed by atoms with Gasteiger partial charge in [-0.15, -0.1) is 0 Å². The van der Waals surface area contributed by atoms with Gasteiger partial charge in [0, 0.05) is 31.1 Å². The number of nitrogens with zero attached hydrogens (tertiary/aromatic N) is 1. The van der Waals surface area contributed by atoms with Gasteiger partial charge in [-0.25, -0.2) is 0 Å². The summed E-state index contributed by atoms with van der Waals surface area (Å²) < 4.78 is 0. The molecule has 4 N–H and O–H groups in total. The van der Waals surface area contributed by atoms with E-state index in [4.69, 9.17) is 5.73 Å². The highest BCUT2D eigenvalue weighted by Crippen LogP contribution is 2.30. The molecule has 2 fully saturated rings. The molecular formula is C18H22N4O3. The first kappa shape index (κ1) is 16.2. The highest BCUT2D eigenvalue weighted by Gasteiger charge is 2.39. The lowest BCUT2D eigenvalue weighted by molar-refractivity contribution is -0.136. The van der Waals surface area contributed by atoms with E-state index in [1.807, 2.05) is 18.2 Å². The molecule has 0 aromatic heterocycles. The number of benzene rings is 1. The predicted octanol–water partition coefficient (Wildman–Crippen LogP) is -0.116. The van der Waals surface area contributed by atoms with E-state index in [1.54, 1.807) is 4.90 Å². The van der Waals surface area contributed by atoms with Crippen LogP contribution in [-0.2, 0) is 22.7 Å². The summed E-state index contributed by atoms with van der Waals surface area (Å²) >= 11 is 0. The van der Waals surface area contributed by atoms with Crippen LogP contribution >= 0.6 is 0 Å². The Bertz CT molecular complexity index is 748. The Kier molecular flexibility index (Phi) is 4.05. The molecule has 7 heteroatoms. The average molecular weight is 342 g/mol. The lowest BCUT2D eigenvalue weighted by atomic mass is 10.0. The Labute approximate surface area is 145 Å². The molecule has 3 aliphatic rings. The van der Waals surface area contributed by atoms with Gasteiger partial charge in [-0.1, -0.05) is 12.1 Å². The van der Waals surface area contributed by atoms with Gasteiger partial charge in [0.2, 0.25) is 11.8 Å². The van der Waals surface area contributed by atoms with E-state index in [0.717, 1.165) is 24.1 Å². The fraction of sp³-hybridized carbons (Fsp3) is 0.500. The maximum absolute atomic E-state index is 12.7. The fourth-order valence-electron chi connectivity index (χ4n) is 3.71. The molecule has 3 amide bonds. The summed E-state index contributed by atoms with van der Waals surface area (Å²) in [4.78, 5) is 37.8. The van der Waals surface area contributed by atoms with Crippen molar-refractivity contribution in [1.29, 1.82) is 0 Å². The molecule has 1 saturated heterocycles. The van der Waals surface area contributed by atoms with Crippen LogP contribution in [0, 0.1) is 5.92 Å². The van der Waals surface area contributed by atoms with Crippen LogP contribution in [0.3, 0.4) is 0 Å². The van der Waals surface area contributed by atoms with Crippen LogP contribution < -0.4 is 16.4 Å². The molecule has 1 unspecified atom stereocenters. The van der Waals surface area contributed by atoms with Crippen molar-refractivity contribution in [3.63, 3.8) is 0 Å². The second kappa shape index (κ2) is 6.24. The summed E-state index contributed by atoms with van der Waals surface area (Å²) in [6, 6.07) is 5.45. The quantitative estimate of drug-likeness (QED) is 0.648. The number of carbonyl (C=O) groups excluding carboxylic acids is 3. The number of hydrogen-bond donors (Lipinski definition) is 3. The highest BCUT2D eigenvalue weighted by molar-refractivity contribution is 6.05. The predicted molar refractivity (Wildman–Crippen MR) is 90.3 cm³/mol. The van der Waals surface area contributed by atoms with Gasteiger partial charge in [-0.3, -0.25) is 19.7 Å². The number of hydrogen-bond acceptors (Lipinski definition) is 5. The number of imide groups is 1. The third-order valence-electron chi connectivity index (χ3n) is 5.38. The number of nitrogens with two attached hydrogens (primary N) is 1. The molecule has 3 atom stereocenters. The summed E-state index contributed by atoms with van der Waals surface area (Å²) in [5.41, 5.74) is 8.54. The fourth-order valence-corrected chi connectivity index (χ4v) is 3.71. The Balaban J connectivity index is 1.47. The molecule has 1 aliphatic carbocycles. The first-order valence-corrected chi connectivity index (χ1v) is 8.76. The third kappa shape index (κ3) is 3.05. The van der Waals surface area contributed by atoms with Gasteiger partial charge in [-0.2, -0.15) is 0 Å². The van der Waals surface area contributed by atoms with Crippen LogP contribution in [0.4, 0.5) is 0 Å². The minimum absolute atomic E-state index is 0.129. The summed E-state index contributed by atoms with van der Waals surface area (Å²) in [6.45, 7) is 1.99. The zero-order valence-electron chi connectivity index (χ0n) is 14.0. The topological polar surface area (TPSA) is 105 Å². The summed E-state index contributed by atoms with van der Waals surface area (Å²) in [6.07, 6.45) is 1.73. The average Bonchev–Trinajstić information content (AvgIpc) is 3.18. The monoisotopic (exact) mass is 342 g/mol. The van der Waals surface area contributed by atoms with Gasteiger partial charge in [0.05, 0.1) is 0 Å². The van der Waals surface area contributed by atoms with Crippen molar-refractivity contribution in [2.24, 2.45) is 11.7 Å². The molecule has 25 heavy (non-hydrogen) atoms. The number of carbonyl (C=O) groups is 3. The molecule has 0 spiro atoms. The molecule has 2 heterocycles. The molecule has 0 radical (unpaired) electrons. The normalized spacial score (nSPS) is 28.1. The zero-order chi connectivity index (χ0) is 17.6. The summed E-state index contributed by atoms with van der Waals surface area (Å²) in [5.74, 6) is -0.220. The van der Waals surface area contributed by atoms with Gasteiger partial charge < -0.3 is 16.0 Å². The van der Waals surface area contributed by atoms with Crippen molar-refractivity contribution in [2.45, 2.75) is 44.4 Å². The Morgan fingerprint density at radius 3 is 2.80 bits per heavy atom. The number of rotatable bonds is 5. The number of amides is 3. The zero-order valence-corrected chi connectivity index (χ0v) is 14.0. The van der Waals surface area contributed by atoms with Crippen molar-refractivity contribution in [1.82, 2.24) is 15.5 Å². The highest BCUT2D eigenvalue weighted by atomic mass is 16.2. The molecular weight excluding hydrogens is 320 g/mol. The van der Waals surface area contributed by atoms with Crippen LogP contribution in [-0.4, -0.2) is 41.2 Å². The minimum Gasteiger partial charge on any atom is -0.327 e. The van der Waals surface area contributed by atoms with E-state index in [1.165, 1.54) is 0 Å². The van der Waals surface area contributed by atoms with Crippen molar-refractivity contribution in [2.75, 3.05) is 6.54 Å². The van der Waals surface area contributed by atoms with E-state index < -0.39 is 6.04 Å². The van der Waals surface area contributed by atoms with Gasteiger partial charge in [0.15, 0.2) is 0 Å². The van der Waals surface area contributed by atoms with E-state index >= 15 is 0 Å². The second-order valence-electron chi connectivity index (χ2n) is 7.13. The van der Waals surface area contributed by atoms with Gasteiger partial charge >= 0.3 is 0 Å². The Morgan fingerprint density at radius 2 is 2.08 bits per heavy atom. The maximum atomic E-state index is 12.7. The largest absolute Gasteiger partial charge is 0.327 e. The van der Waals surface area contributed by atoms with Crippen LogP contribution in [0.15, 0.2) is 18.2 Å². The Hall–Kier alpha value is -2.25. The second-order valence-corrected chi connectivity index (χ2v) is 7.13. The maximum Gasteiger partial charge on any atom is 0.255 e. The van der Waals surface area contributed by atoms with Crippen LogP contribution in [0.25, 0.3) is 0 Å². The van der Waals surface area contributed by atoms with Crippen LogP contribution in [0.1, 0.15) is 40.7 Å². The first-order chi connectivity index (χ1) is 12.0. The first-order valence-electron chi connectivity index (χ1n) is 8.76. The van der Waals surface area contributed by atoms with E-state index in [9.17, 15) is 14.4 Å². The third-order valence-corrected chi connectivity index (χ3v) is 5.38. The molecule has 2 aliphatic heterocycles. The van der Waals surface area contributed by atoms with E-state index in [0.29, 0.717) is 37.0 Å². The van der Waals surface area contributed by atoms with Gasteiger partial charge in [0.25, 0.3) is 5.91 Å². The van der Waals surface area contributed by atoms with Gasteiger partial charge in [0.1, 0.15) is 6.04 Å². The number of fused-ring (bicyclic) bond motifs is 1. The van der Waals surface area contributed by atoms with Gasteiger partial charge in [-0.05, 0) is 42.5 Å². The van der Waals surface area contributed by atoms with Crippen molar-refractivity contribution >= 4 is 17.7 Å². The number of nitrogens with one attached hydrogen (secondary N) is 2. The summed E-state index contributed by atoms with van der Waals surface area (Å²) in [5, 5.41) is 5.74.